The number of carbonyl (C=O) groups is 3. The number of likely N-dealkylation sites (N-methyl/N-ethyl adjacent to an activating group) is 1. The first-order valence-electron chi connectivity index (χ1n) is 8.16. The van der Waals surface area contributed by atoms with Crippen LogP contribution in [-0.4, -0.2) is 85.4 Å². The lowest BCUT2D eigenvalue weighted by Gasteiger charge is -2.49. The van der Waals surface area contributed by atoms with Gasteiger partial charge in [0, 0.05) is 20.0 Å². The van der Waals surface area contributed by atoms with Gasteiger partial charge in [0.15, 0.2) is 21.3 Å². The third kappa shape index (κ3) is 4.12. The summed E-state index contributed by atoms with van der Waals surface area (Å²) in [6.45, 7) is 4.73. The molecule has 0 aromatic heterocycles. The zero-order valence-electron chi connectivity index (χ0n) is 15.8. The molecule has 0 aliphatic carbocycles. The van der Waals surface area contributed by atoms with Crippen molar-refractivity contribution in [2.24, 2.45) is 0 Å². The number of rotatable bonds is 5. The first kappa shape index (κ1) is 21.6. The lowest BCUT2D eigenvalue weighted by molar-refractivity contribution is -0.162. The molecule has 2 aliphatic heterocycles. The van der Waals surface area contributed by atoms with Crippen molar-refractivity contribution in [2.75, 3.05) is 32.3 Å². The first-order valence-corrected chi connectivity index (χ1v) is 10.4. The Morgan fingerprint density at radius 2 is 1.93 bits per heavy atom. The minimum absolute atomic E-state index is 0.108. The number of methoxy groups -OCH3 is 1. The minimum Gasteiger partial charge on any atom is -0.459 e. The van der Waals surface area contributed by atoms with Gasteiger partial charge in [-0.2, -0.15) is 0 Å². The number of fused-ring (bicyclic) bond motifs is 1. The molecule has 11 heteroatoms. The molecular weight excluding hydrogens is 400 g/mol. The van der Waals surface area contributed by atoms with Crippen molar-refractivity contribution in [3.05, 3.63) is 11.3 Å². The number of alkyl halides is 1. The summed E-state index contributed by atoms with van der Waals surface area (Å²) in [7, 11) is -1.15. The van der Waals surface area contributed by atoms with Crippen molar-refractivity contribution < 1.29 is 32.3 Å². The number of halogens is 1. The highest BCUT2D eigenvalue weighted by molar-refractivity contribution is 7.92. The summed E-state index contributed by atoms with van der Waals surface area (Å²) < 4.78 is 35.0. The highest BCUT2D eigenvalue weighted by atomic mass is 35.5. The molecular formula is C16H23ClN2O7S. The summed E-state index contributed by atoms with van der Waals surface area (Å²) in [5.74, 6) is -2.64. The summed E-state index contributed by atoms with van der Waals surface area (Å²) in [6, 6.07) is 0. The van der Waals surface area contributed by atoms with Crippen LogP contribution in [0.5, 0.6) is 0 Å². The molecule has 2 aliphatic rings. The average Bonchev–Trinajstić information content (AvgIpc) is 2.52. The van der Waals surface area contributed by atoms with Gasteiger partial charge in [-0.3, -0.25) is 19.3 Å². The predicted molar refractivity (Wildman–Crippen MR) is 96.4 cm³/mol. The standard InChI is InChI=1S/C16H23ClN2O7S/c1-16(2,3)26-10(20)7-18(4)13(21)11-9(6-17)8-27(23,24)15-12(25-5)14(22)19(11)15/h12,15H,6-8H2,1-5H3/t12-,15+/m0/s1. The van der Waals surface area contributed by atoms with Crippen LogP contribution in [0.15, 0.2) is 11.3 Å². The monoisotopic (exact) mass is 422 g/mol. The van der Waals surface area contributed by atoms with Crippen molar-refractivity contribution in [1.29, 1.82) is 0 Å². The lowest BCUT2D eigenvalue weighted by Crippen LogP contribution is -2.71. The van der Waals surface area contributed by atoms with E-state index in [1.54, 1.807) is 20.8 Å². The molecule has 9 nitrogen and oxygen atoms in total. The third-order valence-electron chi connectivity index (χ3n) is 4.06. The number of hydrogen-bond donors (Lipinski definition) is 0. The molecule has 0 radical (unpaired) electrons. The highest BCUT2D eigenvalue weighted by Gasteiger charge is 2.60. The fraction of sp³-hybridized carbons (Fsp3) is 0.688. The number of nitrogens with zero attached hydrogens (tertiary/aromatic N) is 2. The second-order valence-corrected chi connectivity index (χ2v) is 9.76. The molecule has 0 unspecified atom stereocenters. The largest absolute Gasteiger partial charge is 0.459 e. The van der Waals surface area contributed by atoms with Crippen molar-refractivity contribution in [3.8, 4) is 0 Å². The van der Waals surface area contributed by atoms with Crippen molar-refractivity contribution in [3.63, 3.8) is 0 Å². The van der Waals surface area contributed by atoms with Crippen LogP contribution < -0.4 is 0 Å². The van der Waals surface area contributed by atoms with Gasteiger partial charge in [-0.15, -0.1) is 11.6 Å². The number of sulfone groups is 1. The molecule has 152 valence electrons. The zero-order chi connectivity index (χ0) is 20.7. The smallest absolute Gasteiger partial charge is 0.326 e. The zero-order valence-corrected chi connectivity index (χ0v) is 17.4. The topological polar surface area (TPSA) is 110 Å². The number of amides is 2. The van der Waals surface area contributed by atoms with E-state index in [1.165, 1.54) is 14.2 Å². The van der Waals surface area contributed by atoms with Gasteiger partial charge in [-0.05, 0) is 26.3 Å². The number of ether oxygens (including phenoxy) is 2. The van der Waals surface area contributed by atoms with Gasteiger partial charge in [0.1, 0.15) is 17.8 Å². The second-order valence-electron chi connectivity index (χ2n) is 7.40. The summed E-state index contributed by atoms with van der Waals surface area (Å²) in [6.07, 6.45) is -1.16. The highest BCUT2D eigenvalue weighted by Crippen LogP contribution is 2.38. The predicted octanol–water partition coefficient (Wildman–Crippen LogP) is -0.109. The number of β-lactam (4-membered cyclic amide) rings is 1. The number of esters is 1. The van der Waals surface area contributed by atoms with Crippen LogP contribution in [0.3, 0.4) is 0 Å². The summed E-state index contributed by atoms with van der Waals surface area (Å²) >= 11 is 5.85. The van der Waals surface area contributed by atoms with Gasteiger partial charge in [0.2, 0.25) is 0 Å². The molecule has 0 bridgehead atoms. The number of hydrogen-bond acceptors (Lipinski definition) is 7. The molecule has 2 amide bonds. The maximum Gasteiger partial charge on any atom is 0.326 e. The van der Waals surface area contributed by atoms with Crippen molar-refractivity contribution in [2.45, 2.75) is 37.9 Å². The Morgan fingerprint density at radius 1 is 1.33 bits per heavy atom. The van der Waals surface area contributed by atoms with Gasteiger partial charge in [-0.1, -0.05) is 0 Å². The maximum absolute atomic E-state index is 12.9. The molecule has 2 atom stereocenters. The van der Waals surface area contributed by atoms with Gasteiger partial charge in [0.25, 0.3) is 11.8 Å². The fourth-order valence-electron chi connectivity index (χ4n) is 2.98. The van der Waals surface area contributed by atoms with E-state index >= 15 is 0 Å². The van der Waals surface area contributed by atoms with Gasteiger partial charge >= 0.3 is 5.97 Å². The van der Waals surface area contributed by atoms with Crippen LogP contribution in [0.1, 0.15) is 20.8 Å². The Hall–Kier alpha value is -1.65. The Labute approximate surface area is 163 Å². The fourth-order valence-corrected chi connectivity index (χ4v) is 5.35. The van der Waals surface area contributed by atoms with E-state index in [0.29, 0.717) is 0 Å². The van der Waals surface area contributed by atoms with E-state index in [9.17, 15) is 22.8 Å². The average molecular weight is 423 g/mol. The van der Waals surface area contributed by atoms with E-state index in [4.69, 9.17) is 21.1 Å². The first-order chi connectivity index (χ1) is 12.3. The molecule has 2 heterocycles. The Morgan fingerprint density at radius 3 is 2.41 bits per heavy atom. The third-order valence-corrected chi connectivity index (χ3v) is 6.33. The second kappa shape index (κ2) is 7.40. The van der Waals surface area contributed by atoms with E-state index in [-0.39, 0.29) is 23.7 Å². The summed E-state index contributed by atoms with van der Waals surface area (Å²) in [4.78, 5) is 39.2. The molecule has 27 heavy (non-hydrogen) atoms. The van der Waals surface area contributed by atoms with Crippen LogP contribution in [0.2, 0.25) is 0 Å². The van der Waals surface area contributed by atoms with Gasteiger partial charge in [-0.25, -0.2) is 8.42 Å². The molecule has 2 rings (SSSR count). The molecule has 0 saturated carbocycles. The maximum atomic E-state index is 12.9. The molecule has 1 saturated heterocycles. The van der Waals surface area contributed by atoms with Crippen LogP contribution >= 0.6 is 11.6 Å². The van der Waals surface area contributed by atoms with Crippen LogP contribution in [0, 0.1) is 0 Å². The molecule has 0 aromatic carbocycles. The van der Waals surface area contributed by atoms with Crippen LogP contribution in [0.4, 0.5) is 0 Å². The van der Waals surface area contributed by atoms with E-state index < -0.39 is 50.5 Å². The SMILES string of the molecule is CO[C@H]1C(=O)N2C(C(=O)N(C)CC(=O)OC(C)(C)C)=C(CCl)CS(=O)(=O)[C@H]12. The Kier molecular flexibility index (Phi) is 5.93. The normalized spacial score (nSPS) is 24.2. The molecule has 0 spiro atoms. The van der Waals surface area contributed by atoms with Crippen LogP contribution in [0.25, 0.3) is 0 Å². The van der Waals surface area contributed by atoms with Gasteiger partial charge < -0.3 is 14.4 Å². The summed E-state index contributed by atoms with van der Waals surface area (Å²) in [5, 5.41) is -1.27. The van der Waals surface area contributed by atoms with E-state index in [0.717, 1.165) is 9.80 Å². The van der Waals surface area contributed by atoms with E-state index in [2.05, 4.69) is 0 Å². The van der Waals surface area contributed by atoms with Crippen LogP contribution in [-0.2, 0) is 33.7 Å². The van der Waals surface area contributed by atoms with Crippen molar-refractivity contribution in [1.82, 2.24) is 9.80 Å². The summed E-state index contributed by atoms with van der Waals surface area (Å²) in [5.41, 5.74) is -0.726. The molecule has 0 aromatic rings. The number of carbonyl (C=O) groups excluding carboxylic acids is 3. The minimum atomic E-state index is -3.74. The quantitative estimate of drug-likeness (QED) is 0.345. The Bertz CT molecular complexity index is 800. The van der Waals surface area contributed by atoms with E-state index in [1.807, 2.05) is 0 Å². The Balaban J connectivity index is 2.31. The molecule has 1 fully saturated rings. The van der Waals surface area contributed by atoms with Gasteiger partial charge in [0.05, 0.1) is 5.75 Å². The lowest BCUT2D eigenvalue weighted by atomic mass is 10.0. The van der Waals surface area contributed by atoms with Crippen molar-refractivity contribution >= 4 is 39.2 Å². The molecule has 0 N–H and O–H groups in total.